The van der Waals surface area contributed by atoms with Gasteiger partial charge in [0.2, 0.25) is 5.91 Å². The molecule has 2 saturated heterocycles. The molecule has 3 amide bonds. The van der Waals surface area contributed by atoms with Crippen LogP contribution >= 0.6 is 0 Å². The number of nitrogens with zero attached hydrogens (tertiary/aromatic N) is 5. The lowest BCUT2D eigenvalue weighted by Crippen LogP contribution is -2.52. The SMILES string of the molecule is CC(C)CN1CCN(Cc2ccn3ncc(N4CCC(=O)NC4=O)c3c2)CC1C. The summed E-state index contributed by atoms with van der Waals surface area (Å²) in [7, 11) is 0. The number of amides is 3. The summed E-state index contributed by atoms with van der Waals surface area (Å²) in [5.41, 5.74) is 2.84. The average molecular weight is 399 g/mol. The third-order valence-corrected chi connectivity index (χ3v) is 5.77. The fraction of sp³-hybridized carbons (Fsp3) is 0.571. The van der Waals surface area contributed by atoms with Gasteiger partial charge in [-0.15, -0.1) is 0 Å². The van der Waals surface area contributed by atoms with Crippen LogP contribution in [0.15, 0.2) is 24.5 Å². The fourth-order valence-electron chi connectivity index (χ4n) is 4.32. The second kappa shape index (κ2) is 8.12. The Morgan fingerprint density at radius 2 is 2.07 bits per heavy atom. The number of carbonyl (C=O) groups excluding carboxylic acids is 2. The third-order valence-electron chi connectivity index (χ3n) is 5.77. The lowest BCUT2D eigenvalue weighted by molar-refractivity contribution is -0.120. The van der Waals surface area contributed by atoms with Crippen molar-refractivity contribution in [3.8, 4) is 0 Å². The number of hydrogen-bond acceptors (Lipinski definition) is 5. The first-order valence-electron chi connectivity index (χ1n) is 10.4. The van der Waals surface area contributed by atoms with Gasteiger partial charge in [-0.3, -0.25) is 24.8 Å². The van der Waals surface area contributed by atoms with Gasteiger partial charge in [0.1, 0.15) is 0 Å². The summed E-state index contributed by atoms with van der Waals surface area (Å²) in [6, 6.07) is 4.37. The van der Waals surface area contributed by atoms with Crippen molar-refractivity contribution < 1.29 is 9.59 Å². The van der Waals surface area contributed by atoms with Crippen LogP contribution in [0.25, 0.3) is 5.52 Å². The van der Waals surface area contributed by atoms with Gasteiger partial charge in [0.15, 0.2) is 0 Å². The lowest BCUT2D eigenvalue weighted by Gasteiger charge is -2.40. The average Bonchev–Trinajstić information content (AvgIpc) is 3.07. The molecule has 156 valence electrons. The normalized spacial score (nSPS) is 21.9. The van der Waals surface area contributed by atoms with Crippen molar-refractivity contribution in [2.75, 3.05) is 37.6 Å². The van der Waals surface area contributed by atoms with Crippen molar-refractivity contribution in [3.05, 3.63) is 30.1 Å². The van der Waals surface area contributed by atoms with E-state index >= 15 is 0 Å². The van der Waals surface area contributed by atoms with Gasteiger partial charge in [-0.2, -0.15) is 5.10 Å². The molecule has 8 nitrogen and oxygen atoms in total. The number of anilines is 1. The van der Waals surface area contributed by atoms with Gasteiger partial charge in [-0.1, -0.05) is 13.8 Å². The number of aromatic nitrogens is 2. The first kappa shape index (κ1) is 19.8. The number of imide groups is 1. The lowest BCUT2D eigenvalue weighted by atomic mass is 10.1. The van der Waals surface area contributed by atoms with Gasteiger partial charge in [-0.05, 0) is 30.5 Å². The predicted octanol–water partition coefficient (Wildman–Crippen LogP) is 1.94. The van der Waals surface area contributed by atoms with Crippen LogP contribution in [0.2, 0.25) is 0 Å². The number of carbonyl (C=O) groups is 2. The Morgan fingerprint density at radius 3 is 2.79 bits per heavy atom. The highest BCUT2D eigenvalue weighted by atomic mass is 16.2. The van der Waals surface area contributed by atoms with Crippen LogP contribution < -0.4 is 10.2 Å². The molecule has 4 rings (SSSR count). The summed E-state index contributed by atoms with van der Waals surface area (Å²) >= 11 is 0. The van der Waals surface area contributed by atoms with E-state index in [-0.39, 0.29) is 11.9 Å². The molecule has 0 bridgehead atoms. The zero-order chi connectivity index (χ0) is 20.5. The van der Waals surface area contributed by atoms with E-state index in [1.807, 2.05) is 6.20 Å². The molecule has 2 fully saturated rings. The zero-order valence-corrected chi connectivity index (χ0v) is 17.5. The molecule has 0 aliphatic carbocycles. The van der Waals surface area contributed by atoms with Crippen molar-refractivity contribution in [1.29, 1.82) is 0 Å². The van der Waals surface area contributed by atoms with E-state index < -0.39 is 0 Å². The molecule has 1 atom stereocenters. The van der Waals surface area contributed by atoms with Crippen LogP contribution in [0, 0.1) is 5.92 Å². The van der Waals surface area contributed by atoms with Gasteiger partial charge in [-0.25, -0.2) is 9.31 Å². The summed E-state index contributed by atoms with van der Waals surface area (Å²) in [6.45, 7) is 12.5. The molecule has 0 saturated carbocycles. The molecule has 8 heteroatoms. The number of hydrogen-bond donors (Lipinski definition) is 1. The van der Waals surface area contributed by atoms with Crippen molar-refractivity contribution >= 4 is 23.1 Å². The van der Waals surface area contributed by atoms with Crippen LogP contribution in [-0.4, -0.2) is 70.1 Å². The summed E-state index contributed by atoms with van der Waals surface area (Å²) < 4.78 is 1.78. The molecule has 29 heavy (non-hydrogen) atoms. The number of urea groups is 1. The summed E-state index contributed by atoms with van der Waals surface area (Å²) in [5, 5.41) is 6.76. The number of pyridine rings is 1. The van der Waals surface area contributed by atoms with Crippen molar-refractivity contribution in [1.82, 2.24) is 24.7 Å². The molecule has 2 aliphatic heterocycles. The predicted molar refractivity (Wildman–Crippen MR) is 112 cm³/mol. The Kier molecular flexibility index (Phi) is 5.56. The standard InChI is InChI=1S/C21H30N6O2/c1-15(2)12-25-9-8-24(13-16(25)3)14-17-4-7-27-18(10-17)19(11-22-27)26-6-5-20(28)23-21(26)29/h4,7,10-11,15-16H,5-6,8-9,12-14H2,1-3H3,(H,23,28,29). The first-order valence-corrected chi connectivity index (χ1v) is 10.4. The molecule has 1 N–H and O–H groups in total. The second-order valence-electron chi connectivity index (χ2n) is 8.62. The Morgan fingerprint density at radius 1 is 1.24 bits per heavy atom. The highest BCUT2D eigenvalue weighted by molar-refractivity contribution is 6.07. The van der Waals surface area contributed by atoms with E-state index in [0.717, 1.165) is 43.9 Å². The Bertz CT molecular complexity index is 908. The second-order valence-corrected chi connectivity index (χ2v) is 8.62. The molecular formula is C21H30N6O2. The molecule has 0 aromatic carbocycles. The molecule has 1 unspecified atom stereocenters. The van der Waals surface area contributed by atoms with Crippen LogP contribution in [0.4, 0.5) is 10.5 Å². The molecule has 2 aliphatic rings. The molecule has 2 aromatic rings. The van der Waals surface area contributed by atoms with Crippen LogP contribution in [0.5, 0.6) is 0 Å². The van der Waals surface area contributed by atoms with E-state index in [2.05, 4.69) is 53.1 Å². The van der Waals surface area contributed by atoms with Gasteiger partial charge in [0.05, 0.1) is 17.4 Å². The number of rotatable bonds is 5. The zero-order valence-electron chi connectivity index (χ0n) is 17.5. The largest absolute Gasteiger partial charge is 0.328 e. The maximum absolute atomic E-state index is 12.2. The minimum absolute atomic E-state index is 0.228. The first-order chi connectivity index (χ1) is 13.9. The van der Waals surface area contributed by atoms with E-state index in [1.165, 1.54) is 5.56 Å². The summed E-state index contributed by atoms with van der Waals surface area (Å²) in [5.74, 6) is 0.461. The van der Waals surface area contributed by atoms with Gasteiger partial charge in [0, 0.05) is 57.9 Å². The highest BCUT2D eigenvalue weighted by Crippen LogP contribution is 2.25. The van der Waals surface area contributed by atoms with Gasteiger partial charge >= 0.3 is 6.03 Å². The number of fused-ring (bicyclic) bond motifs is 1. The maximum atomic E-state index is 12.2. The number of piperazine rings is 1. The summed E-state index contributed by atoms with van der Waals surface area (Å²) in [4.78, 5) is 30.4. The molecule has 4 heterocycles. The molecule has 2 aromatic heterocycles. The van der Waals surface area contributed by atoms with E-state index in [0.29, 0.717) is 24.9 Å². The van der Waals surface area contributed by atoms with Crippen LogP contribution in [-0.2, 0) is 11.3 Å². The fourth-order valence-corrected chi connectivity index (χ4v) is 4.32. The Balaban J connectivity index is 1.48. The smallest absolute Gasteiger partial charge is 0.298 e. The maximum Gasteiger partial charge on any atom is 0.328 e. The Labute approximate surface area is 171 Å². The van der Waals surface area contributed by atoms with Crippen molar-refractivity contribution in [2.45, 2.75) is 39.8 Å². The third kappa shape index (κ3) is 4.28. The number of nitrogens with one attached hydrogen (secondary N) is 1. The monoisotopic (exact) mass is 398 g/mol. The molecule has 0 radical (unpaired) electrons. The highest BCUT2D eigenvalue weighted by Gasteiger charge is 2.27. The Hall–Kier alpha value is -2.45. The van der Waals surface area contributed by atoms with E-state index in [1.54, 1.807) is 15.6 Å². The van der Waals surface area contributed by atoms with Gasteiger partial charge < -0.3 is 0 Å². The minimum atomic E-state index is -0.378. The van der Waals surface area contributed by atoms with Crippen LogP contribution in [0.1, 0.15) is 32.8 Å². The van der Waals surface area contributed by atoms with Crippen LogP contribution in [0.3, 0.4) is 0 Å². The van der Waals surface area contributed by atoms with E-state index in [4.69, 9.17) is 0 Å². The molecular weight excluding hydrogens is 368 g/mol. The topological polar surface area (TPSA) is 73.2 Å². The van der Waals surface area contributed by atoms with Crippen molar-refractivity contribution in [2.24, 2.45) is 5.92 Å². The van der Waals surface area contributed by atoms with Crippen molar-refractivity contribution in [3.63, 3.8) is 0 Å². The van der Waals surface area contributed by atoms with Gasteiger partial charge in [0.25, 0.3) is 0 Å². The summed E-state index contributed by atoms with van der Waals surface area (Å²) in [6.07, 6.45) is 3.95. The van der Waals surface area contributed by atoms with E-state index in [9.17, 15) is 9.59 Å². The minimum Gasteiger partial charge on any atom is -0.298 e. The molecule has 0 spiro atoms. The quantitative estimate of drug-likeness (QED) is 0.833.